The average molecular weight is 579 g/mol. The number of ether oxygens (including phenoxy) is 1. The summed E-state index contributed by atoms with van der Waals surface area (Å²) >= 11 is 12.1. The van der Waals surface area contributed by atoms with E-state index in [4.69, 9.17) is 32.9 Å². The zero-order chi connectivity index (χ0) is 28.4. The van der Waals surface area contributed by atoms with Gasteiger partial charge in [0, 0.05) is 24.2 Å². The fourth-order valence-electron chi connectivity index (χ4n) is 4.51. The van der Waals surface area contributed by atoms with Crippen molar-refractivity contribution in [3.8, 4) is 11.4 Å². The smallest absolute Gasteiger partial charge is 0.335 e. The molecule has 1 aliphatic heterocycles. The average Bonchev–Trinajstić information content (AvgIpc) is 2.97. The second kappa shape index (κ2) is 11.4. The van der Waals surface area contributed by atoms with Crippen molar-refractivity contribution >= 4 is 41.0 Å². The lowest BCUT2D eigenvalue weighted by Crippen LogP contribution is -2.40. The van der Waals surface area contributed by atoms with E-state index in [2.05, 4.69) is 5.32 Å². The second-order valence-electron chi connectivity index (χ2n) is 9.16. The monoisotopic (exact) mass is 578 g/mol. The summed E-state index contributed by atoms with van der Waals surface area (Å²) in [6, 6.07) is 18.2. The predicted octanol–water partition coefficient (Wildman–Crippen LogP) is 5.06. The first-order valence-corrected chi connectivity index (χ1v) is 13.1. The number of anilines is 1. The van der Waals surface area contributed by atoms with Crippen molar-refractivity contribution in [3.63, 3.8) is 0 Å². The van der Waals surface area contributed by atoms with Crippen molar-refractivity contribution < 1.29 is 19.4 Å². The number of carboxylic acids is 1. The highest BCUT2D eigenvalue weighted by molar-refractivity contribution is 6.42. The lowest BCUT2D eigenvalue weighted by Gasteiger charge is -2.29. The summed E-state index contributed by atoms with van der Waals surface area (Å²) in [4.78, 5) is 44.8. The molecule has 1 aliphatic rings. The highest BCUT2D eigenvalue weighted by Gasteiger charge is 2.27. The van der Waals surface area contributed by atoms with E-state index in [-0.39, 0.29) is 34.5 Å². The first-order valence-electron chi connectivity index (χ1n) is 12.3. The number of carboxylic acid groups (broad SMARTS) is 1. The van der Waals surface area contributed by atoms with Gasteiger partial charge in [0.05, 0.1) is 40.6 Å². The van der Waals surface area contributed by atoms with Crippen LogP contribution in [0, 0.1) is 0 Å². The Morgan fingerprint density at radius 3 is 2.35 bits per heavy atom. The highest BCUT2D eigenvalue weighted by Crippen LogP contribution is 2.26. The normalized spacial score (nSPS) is 12.5. The van der Waals surface area contributed by atoms with Gasteiger partial charge in [-0.25, -0.2) is 14.3 Å². The Bertz CT molecular complexity index is 1650. The van der Waals surface area contributed by atoms with Crippen LogP contribution in [0.4, 0.5) is 5.95 Å². The minimum Gasteiger partial charge on any atom is -0.497 e. The lowest BCUT2D eigenvalue weighted by molar-refractivity contribution is 0.0694. The largest absolute Gasteiger partial charge is 0.497 e. The zero-order valence-corrected chi connectivity index (χ0v) is 22.9. The molecule has 1 amide bonds. The minimum atomic E-state index is -1.06. The van der Waals surface area contributed by atoms with Gasteiger partial charge in [-0.15, -0.1) is 0 Å². The van der Waals surface area contributed by atoms with E-state index in [1.807, 2.05) is 24.3 Å². The van der Waals surface area contributed by atoms with Crippen molar-refractivity contribution in [2.45, 2.75) is 19.5 Å². The SMILES string of the molecule is COc1ccc(CNc2nc3c(c(=O)n2-c2ccc(C(=O)O)cc2)CCN(C(=O)c2ccc(Cl)c(Cl)c2)C3)cc1. The molecule has 0 unspecified atom stereocenters. The second-order valence-corrected chi connectivity index (χ2v) is 9.97. The van der Waals surface area contributed by atoms with Gasteiger partial charge in [0.2, 0.25) is 5.95 Å². The molecule has 2 heterocycles. The third-order valence-electron chi connectivity index (χ3n) is 6.67. The number of aromatic nitrogens is 2. The van der Waals surface area contributed by atoms with Gasteiger partial charge in [0.15, 0.2) is 0 Å². The lowest BCUT2D eigenvalue weighted by atomic mass is 10.0. The van der Waals surface area contributed by atoms with Gasteiger partial charge in [0.1, 0.15) is 5.75 Å². The van der Waals surface area contributed by atoms with Crippen LogP contribution in [0.25, 0.3) is 5.69 Å². The molecule has 0 bridgehead atoms. The van der Waals surface area contributed by atoms with Gasteiger partial charge in [-0.2, -0.15) is 0 Å². The van der Waals surface area contributed by atoms with E-state index in [9.17, 15) is 19.5 Å². The van der Waals surface area contributed by atoms with Crippen LogP contribution < -0.4 is 15.6 Å². The molecule has 204 valence electrons. The molecule has 0 fully saturated rings. The molecule has 4 aromatic rings. The summed E-state index contributed by atoms with van der Waals surface area (Å²) in [6.45, 7) is 0.813. The summed E-state index contributed by atoms with van der Waals surface area (Å²) in [5, 5.41) is 13.2. The summed E-state index contributed by atoms with van der Waals surface area (Å²) in [5.41, 5.74) is 2.59. The fourth-order valence-corrected chi connectivity index (χ4v) is 4.81. The number of nitrogens with zero attached hydrogens (tertiary/aromatic N) is 3. The first kappa shape index (κ1) is 27.2. The van der Waals surface area contributed by atoms with Crippen LogP contribution in [0.1, 0.15) is 37.5 Å². The van der Waals surface area contributed by atoms with Gasteiger partial charge < -0.3 is 20.1 Å². The molecule has 9 nitrogen and oxygen atoms in total. The van der Waals surface area contributed by atoms with Gasteiger partial charge in [-0.3, -0.25) is 9.59 Å². The minimum absolute atomic E-state index is 0.104. The number of carbonyl (C=O) groups is 2. The van der Waals surface area contributed by atoms with Crippen LogP contribution in [-0.2, 0) is 19.5 Å². The summed E-state index contributed by atoms with van der Waals surface area (Å²) < 4.78 is 6.66. The van der Waals surface area contributed by atoms with E-state index in [1.165, 1.54) is 22.8 Å². The molecule has 0 saturated carbocycles. The number of halogens is 2. The summed E-state index contributed by atoms with van der Waals surface area (Å²) in [5.74, 6) is -0.316. The number of methoxy groups -OCH3 is 1. The van der Waals surface area contributed by atoms with Crippen molar-refractivity contribution in [2.24, 2.45) is 0 Å². The Kier molecular flexibility index (Phi) is 7.77. The molecule has 40 heavy (non-hydrogen) atoms. The Hall–Kier alpha value is -4.34. The molecule has 0 saturated heterocycles. The maximum Gasteiger partial charge on any atom is 0.335 e. The molecule has 3 aromatic carbocycles. The fraction of sp³-hybridized carbons (Fsp3) is 0.172. The molecular weight excluding hydrogens is 555 g/mol. The van der Waals surface area contributed by atoms with Gasteiger partial charge in [0.25, 0.3) is 11.5 Å². The van der Waals surface area contributed by atoms with Crippen LogP contribution in [0.3, 0.4) is 0 Å². The number of aromatic carboxylic acids is 1. The molecule has 0 spiro atoms. The molecule has 2 N–H and O–H groups in total. The Labute approximate surface area is 239 Å². The number of carbonyl (C=O) groups excluding carboxylic acids is 1. The Morgan fingerprint density at radius 1 is 1.00 bits per heavy atom. The van der Waals surface area contributed by atoms with Crippen molar-refractivity contribution in [1.29, 1.82) is 0 Å². The maximum absolute atomic E-state index is 13.8. The maximum atomic E-state index is 13.8. The quantitative estimate of drug-likeness (QED) is 0.315. The molecule has 1 aromatic heterocycles. The van der Waals surface area contributed by atoms with Gasteiger partial charge in [-0.1, -0.05) is 35.3 Å². The number of fused-ring (bicyclic) bond motifs is 1. The number of rotatable bonds is 7. The van der Waals surface area contributed by atoms with Crippen molar-refractivity contribution in [1.82, 2.24) is 14.5 Å². The van der Waals surface area contributed by atoms with Crippen LogP contribution in [0.5, 0.6) is 5.75 Å². The first-order chi connectivity index (χ1) is 19.2. The summed E-state index contributed by atoms with van der Waals surface area (Å²) in [7, 11) is 1.59. The van der Waals surface area contributed by atoms with E-state index in [0.29, 0.717) is 47.0 Å². The van der Waals surface area contributed by atoms with Crippen LogP contribution in [-0.4, -0.2) is 45.1 Å². The predicted molar refractivity (Wildman–Crippen MR) is 152 cm³/mol. The van der Waals surface area contributed by atoms with Gasteiger partial charge >= 0.3 is 5.97 Å². The molecule has 0 radical (unpaired) electrons. The molecular formula is C29H24Cl2N4O5. The Morgan fingerprint density at radius 2 is 1.70 bits per heavy atom. The Balaban J connectivity index is 1.51. The standard InChI is InChI=1S/C29H24Cl2N4O5/c1-40-21-9-2-17(3-10-21)15-32-29-33-25-16-34(26(36)19-6-11-23(30)24(31)14-19)13-12-22(25)27(37)35(29)20-7-4-18(5-8-20)28(38)39/h2-11,14H,12-13,15-16H2,1H3,(H,32,33)(H,38,39). The zero-order valence-electron chi connectivity index (χ0n) is 21.4. The number of benzene rings is 3. The number of hydrogen-bond acceptors (Lipinski definition) is 6. The van der Waals surface area contributed by atoms with Crippen molar-refractivity contribution in [2.75, 3.05) is 19.0 Å². The van der Waals surface area contributed by atoms with Crippen LogP contribution >= 0.6 is 23.2 Å². The highest BCUT2D eigenvalue weighted by atomic mass is 35.5. The van der Waals surface area contributed by atoms with Crippen LogP contribution in [0.2, 0.25) is 10.0 Å². The topological polar surface area (TPSA) is 114 Å². The number of hydrogen-bond donors (Lipinski definition) is 2. The molecule has 0 atom stereocenters. The number of amides is 1. The third-order valence-corrected chi connectivity index (χ3v) is 7.41. The van der Waals surface area contributed by atoms with E-state index in [0.717, 1.165) is 11.3 Å². The number of nitrogens with one attached hydrogen (secondary N) is 1. The third kappa shape index (κ3) is 5.52. The summed E-state index contributed by atoms with van der Waals surface area (Å²) in [6.07, 6.45) is 0.306. The van der Waals surface area contributed by atoms with E-state index in [1.54, 1.807) is 36.3 Å². The van der Waals surface area contributed by atoms with E-state index >= 15 is 0 Å². The van der Waals surface area contributed by atoms with E-state index < -0.39 is 5.97 Å². The van der Waals surface area contributed by atoms with Crippen LogP contribution in [0.15, 0.2) is 71.5 Å². The molecule has 0 aliphatic carbocycles. The molecule has 11 heteroatoms. The van der Waals surface area contributed by atoms with Gasteiger partial charge in [-0.05, 0) is 66.6 Å². The van der Waals surface area contributed by atoms with Crippen molar-refractivity contribution in [3.05, 3.63) is 115 Å². The molecule has 5 rings (SSSR count).